The van der Waals surface area contributed by atoms with Gasteiger partial charge in [0.1, 0.15) is 17.3 Å². The first-order valence-electron chi connectivity index (χ1n) is 14.9. The molecule has 0 aromatic rings. The van der Waals surface area contributed by atoms with E-state index in [1.165, 1.54) is 0 Å². The fourth-order valence-electron chi connectivity index (χ4n) is 8.69. The molecule has 7 nitrogen and oxygen atoms in total. The van der Waals surface area contributed by atoms with Gasteiger partial charge in [-0.3, -0.25) is 24.0 Å². The van der Waals surface area contributed by atoms with Crippen LogP contribution in [0.2, 0.25) is 0 Å². The maximum Gasteiger partial charge on any atom is 0.306 e. The van der Waals surface area contributed by atoms with Crippen LogP contribution in [0.15, 0.2) is 0 Å². The maximum atomic E-state index is 13.9. The summed E-state index contributed by atoms with van der Waals surface area (Å²) in [6.07, 6.45) is 5.08. The normalized spacial score (nSPS) is 36.4. The molecule has 4 rings (SSSR count). The number of fused-ring (bicyclic) bond motifs is 5. The van der Waals surface area contributed by atoms with E-state index in [9.17, 15) is 32.8 Å². The van der Waals surface area contributed by atoms with E-state index < -0.39 is 29.9 Å². The minimum Gasteiger partial charge on any atom is -0.466 e. The molecule has 0 N–H and O–H groups in total. The lowest BCUT2D eigenvalue weighted by Crippen LogP contribution is -2.60. The molecule has 1 unspecified atom stereocenters. The molecule has 0 aromatic carbocycles. The van der Waals surface area contributed by atoms with E-state index in [2.05, 4.69) is 18.6 Å². The van der Waals surface area contributed by atoms with Crippen molar-refractivity contribution in [3.8, 4) is 0 Å². The molecule has 0 heterocycles. The van der Waals surface area contributed by atoms with Crippen LogP contribution in [-0.2, 0) is 33.4 Å². The largest absolute Gasteiger partial charge is 0.466 e. The van der Waals surface area contributed by atoms with Crippen molar-refractivity contribution in [2.24, 2.45) is 46.3 Å². The molecule has 4 aliphatic carbocycles. The van der Waals surface area contributed by atoms with Crippen LogP contribution >= 0.6 is 0 Å². The molecule has 0 bridgehead atoms. The van der Waals surface area contributed by atoms with Gasteiger partial charge in [0.05, 0.1) is 6.61 Å². The number of carbonyl (C=O) groups is 5. The summed E-state index contributed by atoms with van der Waals surface area (Å²) in [6, 6.07) is 0. The van der Waals surface area contributed by atoms with Gasteiger partial charge >= 0.3 is 11.9 Å². The van der Waals surface area contributed by atoms with Crippen LogP contribution in [0.1, 0.15) is 98.3 Å². The first kappa shape index (κ1) is 30.8. The number of ketones is 3. The van der Waals surface area contributed by atoms with E-state index in [0.29, 0.717) is 39.0 Å². The molecule has 4 saturated carbocycles. The van der Waals surface area contributed by atoms with Crippen molar-refractivity contribution in [3.05, 3.63) is 0 Å². The van der Waals surface area contributed by atoms with Crippen molar-refractivity contribution in [2.45, 2.75) is 104 Å². The second-order valence-electron chi connectivity index (χ2n) is 13.5. The molecule has 4 fully saturated rings. The summed E-state index contributed by atoms with van der Waals surface area (Å²) in [5, 5.41) is 0. The van der Waals surface area contributed by atoms with Gasteiger partial charge in [-0.1, -0.05) is 20.8 Å². The van der Waals surface area contributed by atoms with Crippen molar-refractivity contribution in [2.75, 3.05) is 13.2 Å². The quantitative estimate of drug-likeness (QED) is 0.254. The number of halogens is 2. The fourth-order valence-corrected chi connectivity index (χ4v) is 8.69. The third-order valence-corrected chi connectivity index (χ3v) is 11.0. The average Bonchev–Trinajstić information content (AvgIpc) is 3.23. The highest BCUT2D eigenvalue weighted by atomic mass is 19.3. The Morgan fingerprint density at radius 3 is 2.40 bits per heavy atom. The first-order chi connectivity index (χ1) is 18.7. The molecule has 4 aliphatic rings. The van der Waals surface area contributed by atoms with Crippen LogP contribution in [0.25, 0.3) is 0 Å². The number of ether oxygens (including phenoxy) is 2. The monoisotopic (exact) mass is 566 g/mol. The molecular weight excluding hydrogens is 522 g/mol. The first-order valence-corrected chi connectivity index (χ1v) is 14.9. The second kappa shape index (κ2) is 11.6. The summed E-state index contributed by atoms with van der Waals surface area (Å²) >= 11 is 0. The summed E-state index contributed by atoms with van der Waals surface area (Å²) in [5.74, 6) is -3.44. The fraction of sp³-hybridized carbons (Fsp3) is 0.839. The molecule has 8 atom stereocenters. The zero-order valence-electron chi connectivity index (χ0n) is 24.3. The lowest BCUT2D eigenvalue weighted by atomic mass is 9.44. The number of hydrogen-bond acceptors (Lipinski definition) is 7. The zero-order chi connectivity index (χ0) is 29.5. The van der Waals surface area contributed by atoms with Crippen molar-refractivity contribution < 1.29 is 42.2 Å². The predicted molar refractivity (Wildman–Crippen MR) is 141 cm³/mol. The van der Waals surface area contributed by atoms with Crippen LogP contribution in [0.4, 0.5) is 8.78 Å². The minimum absolute atomic E-state index is 0.00305. The SMILES string of the molecule is C[C@@H](CCC(=O)OCCCC(=O)OCC(C)(F)F)C1CC[C@H]2[C@@H]3C(=O)C[C@@H]4CC(=O)CC[C@]4(C)[C@H]3CC(=O)[C@]12C. The van der Waals surface area contributed by atoms with Gasteiger partial charge in [-0.05, 0) is 67.1 Å². The summed E-state index contributed by atoms with van der Waals surface area (Å²) in [6.45, 7) is 6.02. The number of Topliss-reactive ketones (excluding diaryl/α,β-unsaturated/α-hetero) is 3. The summed E-state index contributed by atoms with van der Waals surface area (Å²) in [4.78, 5) is 63.4. The molecule has 0 radical (unpaired) electrons. The van der Waals surface area contributed by atoms with E-state index in [-0.39, 0.29) is 84.1 Å². The Labute approximate surface area is 235 Å². The Kier molecular flexibility index (Phi) is 8.92. The number of esters is 2. The van der Waals surface area contributed by atoms with Gasteiger partial charge in [0, 0.05) is 56.8 Å². The molecule has 9 heteroatoms. The highest BCUT2D eigenvalue weighted by Gasteiger charge is 2.66. The van der Waals surface area contributed by atoms with Crippen molar-refractivity contribution >= 4 is 29.3 Å². The number of rotatable bonds is 10. The van der Waals surface area contributed by atoms with Gasteiger partial charge in [0.15, 0.2) is 6.61 Å². The van der Waals surface area contributed by atoms with Crippen molar-refractivity contribution in [1.82, 2.24) is 0 Å². The topological polar surface area (TPSA) is 104 Å². The smallest absolute Gasteiger partial charge is 0.306 e. The standard InChI is InChI=1S/C31H44F2O7/c1-18(7-10-27(38)39-13-5-6-26(37)40-17-30(3,32)33)21-8-9-22-28-23(16-25(36)31(21,22)4)29(2)12-11-20(34)14-19(29)15-24(28)35/h18-19,21-23,28H,5-17H2,1-4H3/t18-,19-,21?,22-,23-,28-,29-,31+/m0/s1. The Hall–Kier alpha value is -2.19. The van der Waals surface area contributed by atoms with Gasteiger partial charge in [-0.15, -0.1) is 0 Å². The molecular formula is C31H44F2O7. The molecule has 224 valence electrons. The zero-order valence-corrected chi connectivity index (χ0v) is 24.3. The van der Waals surface area contributed by atoms with Gasteiger partial charge in [0.2, 0.25) is 0 Å². The van der Waals surface area contributed by atoms with Crippen LogP contribution < -0.4 is 0 Å². The van der Waals surface area contributed by atoms with Crippen LogP contribution in [0, 0.1) is 46.3 Å². The third-order valence-electron chi connectivity index (χ3n) is 11.0. The predicted octanol–water partition coefficient (Wildman–Crippen LogP) is 5.51. The second-order valence-corrected chi connectivity index (χ2v) is 13.5. The highest BCUT2D eigenvalue weighted by molar-refractivity contribution is 5.93. The number of hydrogen-bond donors (Lipinski definition) is 0. The van der Waals surface area contributed by atoms with Gasteiger partial charge < -0.3 is 9.47 Å². The van der Waals surface area contributed by atoms with Gasteiger partial charge in [0.25, 0.3) is 5.92 Å². The number of alkyl halides is 2. The van der Waals surface area contributed by atoms with E-state index >= 15 is 0 Å². The van der Waals surface area contributed by atoms with E-state index in [4.69, 9.17) is 4.74 Å². The Morgan fingerprint density at radius 2 is 1.70 bits per heavy atom. The summed E-state index contributed by atoms with van der Waals surface area (Å²) in [7, 11) is 0. The third kappa shape index (κ3) is 6.03. The van der Waals surface area contributed by atoms with Crippen LogP contribution in [0.3, 0.4) is 0 Å². The molecule has 0 aromatic heterocycles. The lowest BCUT2D eigenvalue weighted by Gasteiger charge is -2.58. The molecule has 0 spiro atoms. The van der Waals surface area contributed by atoms with Crippen molar-refractivity contribution in [3.63, 3.8) is 0 Å². The van der Waals surface area contributed by atoms with Crippen molar-refractivity contribution in [1.29, 1.82) is 0 Å². The lowest BCUT2D eigenvalue weighted by molar-refractivity contribution is -0.166. The van der Waals surface area contributed by atoms with Crippen LogP contribution in [-0.4, -0.2) is 48.4 Å². The van der Waals surface area contributed by atoms with Crippen LogP contribution in [0.5, 0.6) is 0 Å². The minimum atomic E-state index is -3.08. The van der Waals surface area contributed by atoms with E-state index in [1.54, 1.807) is 0 Å². The van der Waals surface area contributed by atoms with Gasteiger partial charge in [-0.25, -0.2) is 8.78 Å². The maximum absolute atomic E-state index is 13.9. The molecule has 40 heavy (non-hydrogen) atoms. The number of carbonyl (C=O) groups excluding carboxylic acids is 5. The molecule has 0 amide bonds. The Balaban J connectivity index is 1.30. The van der Waals surface area contributed by atoms with E-state index in [0.717, 1.165) is 19.3 Å². The molecule has 0 saturated heterocycles. The van der Waals surface area contributed by atoms with E-state index in [1.807, 2.05) is 6.92 Å². The summed E-state index contributed by atoms with van der Waals surface area (Å²) in [5.41, 5.74) is -0.738. The Morgan fingerprint density at radius 1 is 1.00 bits per heavy atom. The highest BCUT2D eigenvalue weighted by Crippen LogP contribution is 2.66. The van der Waals surface area contributed by atoms with Gasteiger partial charge in [-0.2, -0.15) is 0 Å². The Bertz CT molecular complexity index is 1040. The molecule has 0 aliphatic heterocycles. The summed E-state index contributed by atoms with van der Waals surface area (Å²) < 4.78 is 35.2. The average molecular weight is 567 g/mol.